The Morgan fingerprint density at radius 2 is 2.04 bits per heavy atom. The lowest BCUT2D eigenvalue weighted by atomic mass is 9.88. The summed E-state index contributed by atoms with van der Waals surface area (Å²) in [4.78, 5) is 16.8. The Labute approximate surface area is 152 Å². The van der Waals surface area contributed by atoms with Crippen LogP contribution < -0.4 is 0 Å². The topological polar surface area (TPSA) is 68.7 Å². The molecule has 0 amide bonds. The van der Waals surface area contributed by atoms with Crippen molar-refractivity contribution in [2.75, 3.05) is 6.54 Å². The van der Waals surface area contributed by atoms with Gasteiger partial charge < -0.3 is 10.1 Å². The minimum absolute atomic E-state index is 0.0978. The highest BCUT2D eigenvalue weighted by Crippen LogP contribution is 2.43. The fourth-order valence-corrected chi connectivity index (χ4v) is 4.01. The number of rotatable bonds is 4. The zero-order chi connectivity index (χ0) is 18.3. The van der Waals surface area contributed by atoms with Crippen LogP contribution in [0.25, 0.3) is 22.0 Å². The van der Waals surface area contributed by atoms with Crippen LogP contribution in [0.1, 0.15) is 31.4 Å². The molecule has 5 heteroatoms. The van der Waals surface area contributed by atoms with E-state index in [0.717, 1.165) is 48.1 Å². The minimum atomic E-state index is -0.150. The third-order valence-electron chi connectivity index (χ3n) is 5.67. The van der Waals surface area contributed by atoms with Crippen LogP contribution in [0.5, 0.6) is 5.88 Å². The molecule has 1 unspecified atom stereocenters. The normalized spacial score (nSPS) is 15.8. The number of hydrogen-bond acceptors (Lipinski definition) is 4. The molecule has 0 spiro atoms. The van der Waals surface area contributed by atoms with Gasteiger partial charge in [-0.05, 0) is 53.3 Å². The van der Waals surface area contributed by atoms with Gasteiger partial charge in [0.2, 0.25) is 5.88 Å². The highest BCUT2D eigenvalue weighted by atomic mass is 16.3. The SMILES string of the molecule is CCC(C)N1CCc2c(-c3ccccc3)cc3c(N=O)c(O)[nH]c3c2C1. The zero-order valence-electron chi connectivity index (χ0n) is 15.1. The first-order chi connectivity index (χ1) is 12.6. The molecule has 0 aliphatic carbocycles. The lowest BCUT2D eigenvalue weighted by Crippen LogP contribution is -2.37. The summed E-state index contributed by atoms with van der Waals surface area (Å²) in [5.74, 6) is -0.150. The number of aromatic hydroxyl groups is 1. The number of benzene rings is 2. The third kappa shape index (κ3) is 2.59. The highest BCUT2D eigenvalue weighted by molar-refractivity contribution is 6.00. The molecule has 26 heavy (non-hydrogen) atoms. The molecule has 4 rings (SSSR count). The Kier molecular flexibility index (Phi) is 4.24. The molecule has 2 aromatic carbocycles. The first-order valence-electron chi connectivity index (χ1n) is 9.16. The molecule has 0 radical (unpaired) electrons. The number of aromatic nitrogens is 1. The summed E-state index contributed by atoms with van der Waals surface area (Å²) in [6.07, 6.45) is 2.04. The molecule has 3 aromatic rings. The second-order valence-corrected chi connectivity index (χ2v) is 7.06. The number of hydrogen-bond donors (Lipinski definition) is 2. The van der Waals surface area contributed by atoms with E-state index < -0.39 is 0 Å². The molecular formula is C21H23N3O2. The molecule has 2 N–H and O–H groups in total. The van der Waals surface area contributed by atoms with Crippen LogP contribution >= 0.6 is 0 Å². The van der Waals surface area contributed by atoms with Crippen LogP contribution in [0.3, 0.4) is 0 Å². The first kappa shape index (κ1) is 16.8. The van der Waals surface area contributed by atoms with Gasteiger partial charge in [-0.25, -0.2) is 0 Å². The Balaban J connectivity index is 1.98. The molecule has 1 aliphatic rings. The molecule has 0 bridgehead atoms. The van der Waals surface area contributed by atoms with Gasteiger partial charge in [0.05, 0.1) is 5.52 Å². The molecule has 1 atom stereocenters. The highest BCUT2D eigenvalue weighted by Gasteiger charge is 2.27. The monoisotopic (exact) mass is 349 g/mol. The predicted molar refractivity (Wildman–Crippen MR) is 105 cm³/mol. The number of nitrogens with one attached hydrogen (secondary N) is 1. The maximum Gasteiger partial charge on any atom is 0.219 e. The van der Waals surface area contributed by atoms with Crippen LogP contribution in [0.4, 0.5) is 5.69 Å². The predicted octanol–water partition coefficient (Wildman–Crippen LogP) is 5.10. The van der Waals surface area contributed by atoms with Crippen molar-refractivity contribution in [1.29, 1.82) is 0 Å². The van der Waals surface area contributed by atoms with E-state index in [4.69, 9.17) is 0 Å². The summed E-state index contributed by atoms with van der Waals surface area (Å²) in [6.45, 7) is 6.26. The van der Waals surface area contributed by atoms with Crippen molar-refractivity contribution in [3.05, 3.63) is 52.4 Å². The summed E-state index contributed by atoms with van der Waals surface area (Å²) >= 11 is 0. The van der Waals surface area contributed by atoms with Crippen molar-refractivity contribution >= 4 is 16.6 Å². The smallest absolute Gasteiger partial charge is 0.219 e. The van der Waals surface area contributed by atoms with E-state index in [9.17, 15) is 10.0 Å². The molecule has 0 saturated heterocycles. The molecular weight excluding hydrogens is 326 g/mol. The van der Waals surface area contributed by atoms with Crippen molar-refractivity contribution in [2.24, 2.45) is 5.18 Å². The lowest BCUT2D eigenvalue weighted by molar-refractivity contribution is 0.187. The summed E-state index contributed by atoms with van der Waals surface area (Å²) in [6, 6.07) is 12.7. The number of nitrogens with zero attached hydrogens (tertiary/aromatic N) is 2. The number of H-pyrrole nitrogens is 1. The van der Waals surface area contributed by atoms with Gasteiger partial charge in [-0.2, -0.15) is 0 Å². The van der Waals surface area contributed by atoms with Crippen molar-refractivity contribution in [1.82, 2.24) is 9.88 Å². The Hall–Kier alpha value is -2.66. The number of aromatic amines is 1. The van der Waals surface area contributed by atoms with Crippen molar-refractivity contribution in [2.45, 2.75) is 39.3 Å². The quantitative estimate of drug-likeness (QED) is 0.644. The van der Waals surface area contributed by atoms with Crippen LogP contribution in [0.2, 0.25) is 0 Å². The summed E-state index contributed by atoms with van der Waals surface area (Å²) < 4.78 is 0. The van der Waals surface area contributed by atoms with Gasteiger partial charge >= 0.3 is 0 Å². The van der Waals surface area contributed by atoms with Gasteiger partial charge in [-0.3, -0.25) is 4.90 Å². The van der Waals surface area contributed by atoms with E-state index in [-0.39, 0.29) is 11.6 Å². The van der Waals surface area contributed by atoms with Crippen LogP contribution in [-0.4, -0.2) is 27.6 Å². The molecule has 0 fully saturated rings. The summed E-state index contributed by atoms with van der Waals surface area (Å²) in [5.41, 5.74) is 5.64. The summed E-state index contributed by atoms with van der Waals surface area (Å²) in [7, 11) is 0. The van der Waals surface area contributed by atoms with Crippen molar-refractivity contribution < 1.29 is 5.11 Å². The van der Waals surface area contributed by atoms with E-state index in [2.05, 4.69) is 41.0 Å². The van der Waals surface area contributed by atoms with Gasteiger partial charge in [0, 0.05) is 24.5 Å². The average Bonchev–Trinajstić information content (AvgIpc) is 3.02. The van der Waals surface area contributed by atoms with Crippen LogP contribution in [0.15, 0.2) is 41.6 Å². The van der Waals surface area contributed by atoms with Gasteiger partial charge in [0.1, 0.15) is 0 Å². The molecule has 134 valence electrons. The average molecular weight is 349 g/mol. The van der Waals surface area contributed by atoms with E-state index in [1.165, 1.54) is 5.56 Å². The van der Waals surface area contributed by atoms with Gasteiger partial charge in [-0.15, -0.1) is 4.91 Å². The fraction of sp³-hybridized carbons (Fsp3) is 0.333. The molecule has 1 aliphatic heterocycles. The van der Waals surface area contributed by atoms with Crippen molar-refractivity contribution in [3.63, 3.8) is 0 Å². The van der Waals surface area contributed by atoms with Gasteiger partial charge in [-0.1, -0.05) is 37.3 Å². The standard InChI is InChI=1S/C21H23N3O2/c1-3-13(2)24-10-9-15-16(14-7-5-4-6-8-14)11-17-19(18(15)12-24)22-21(25)20(17)23-26/h4-8,11,13,22,25H,3,9-10,12H2,1-2H3. The van der Waals surface area contributed by atoms with E-state index in [1.54, 1.807) is 0 Å². The fourth-order valence-electron chi connectivity index (χ4n) is 4.01. The lowest BCUT2D eigenvalue weighted by Gasteiger charge is -2.34. The van der Waals surface area contributed by atoms with E-state index in [0.29, 0.717) is 11.4 Å². The van der Waals surface area contributed by atoms with Gasteiger partial charge in [0.25, 0.3) is 0 Å². The van der Waals surface area contributed by atoms with Crippen molar-refractivity contribution in [3.8, 4) is 17.0 Å². The maximum atomic E-state index is 11.3. The minimum Gasteiger partial charge on any atom is -0.493 e. The maximum absolute atomic E-state index is 11.3. The number of nitroso groups, excluding NO2 is 1. The Bertz CT molecular complexity index is 963. The molecule has 0 saturated carbocycles. The zero-order valence-corrected chi connectivity index (χ0v) is 15.1. The second-order valence-electron chi connectivity index (χ2n) is 7.06. The van der Waals surface area contributed by atoms with Crippen LogP contribution in [-0.2, 0) is 13.0 Å². The van der Waals surface area contributed by atoms with Crippen LogP contribution in [0, 0.1) is 4.91 Å². The van der Waals surface area contributed by atoms with E-state index in [1.807, 2.05) is 24.3 Å². The Morgan fingerprint density at radius 3 is 2.73 bits per heavy atom. The third-order valence-corrected chi connectivity index (χ3v) is 5.67. The van der Waals surface area contributed by atoms with E-state index >= 15 is 0 Å². The first-order valence-corrected chi connectivity index (χ1v) is 9.16. The largest absolute Gasteiger partial charge is 0.493 e. The number of fused-ring (bicyclic) bond motifs is 3. The summed E-state index contributed by atoms with van der Waals surface area (Å²) in [5, 5.41) is 13.9. The molecule has 1 aromatic heterocycles. The second kappa shape index (κ2) is 6.57. The van der Waals surface area contributed by atoms with Gasteiger partial charge in [0.15, 0.2) is 5.69 Å². The Morgan fingerprint density at radius 1 is 1.27 bits per heavy atom. The molecule has 5 nitrogen and oxygen atoms in total. The molecule has 2 heterocycles.